The Balaban J connectivity index is 2.29. The molecule has 0 bridgehead atoms. The molecular weight excluding hydrogens is 174 g/mol. The third-order valence-electron chi connectivity index (χ3n) is 2.97. The number of aryl methyl sites for hydroxylation is 1. The SMILES string of the molecule is NC1CCCc2cc(CCO)ccc21. The maximum Gasteiger partial charge on any atom is 0.0471 e. The maximum atomic E-state index is 8.85. The minimum Gasteiger partial charge on any atom is -0.396 e. The van der Waals surface area contributed by atoms with Crippen molar-refractivity contribution in [1.29, 1.82) is 0 Å². The van der Waals surface area contributed by atoms with Gasteiger partial charge in [0.15, 0.2) is 0 Å². The molecule has 0 saturated heterocycles. The van der Waals surface area contributed by atoms with Crippen molar-refractivity contribution in [3.05, 3.63) is 34.9 Å². The zero-order chi connectivity index (χ0) is 9.97. The van der Waals surface area contributed by atoms with Crippen LogP contribution in [0.4, 0.5) is 0 Å². The van der Waals surface area contributed by atoms with Crippen molar-refractivity contribution in [2.45, 2.75) is 31.7 Å². The average molecular weight is 191 g/mol. The molecule has 76 valence electrons. The molecular formula is C12H17NO. The van der Waals surface area contributed by atoms with Crippen molar-refractivity contribution in [2.24, 2.45) is 5.73 Å². The number of benzene rings is 1. The van der Waals surface area contributed by atoms with Crippen molar-refractivity contribution in [1.82, 2.24) is 0 Å². The fourth-order valence-corrected chi connectivity index (χ4v) is 2.19. The quantitative estimate of drug-likeness (QED) is 0.745. The number of fused-ring (bicyclic) bond motifs is 1. The first-order valence-corrected chi connectivity index (χ1v) is 5.29. The largest absolute Gasteiger partial charge is 0.396 e. The van der Waals surface area contributed by atoms with E-state index in [0.29, 0.717) is 0 Å². The summed E-state index contributed by atoms with van der Waals surface area (Å²) in [5.74, 6) is 0. The summed E-state index contributed by atoms with van der Waals surface area (Å²) >= 11 is 0. The molecule has 0 heterocycles. The lowest BCUT2D eigenvalue weighted by Gasteiger charge is -2.22. The molecule has 0 fully saturated rings. The van der Waals surface area contributed by atoms with Gasteiger partial charge in [-0.05, 0) is 42.4 Å². The van der Waals surface area contributed by atoms with E-state index in [-0.39, 0.29) is 12.6 Å². The fraction of sp³-hybridized carbons (Fsp3) is 0.500. The van der Waals surface area contributed by atoms with Gasteiger partial charge in [-0.3, -0.25) is 0 Å². The lowest BCUT2D eigenvalue weighted by atomic mass is 9.87. The summed E-state index contributed by atoms with van der Waals surface area (Å²) in [6.45, 7) is 0.227. The van der Waals surface area contributed by atoms with E-state index in [1.807, 2.05) is 0 Å². The standard InChI is InChI=1S/C12H17NO/c13-12-3-1-2-10-8-9(6-7-14)4-5-11(10)12/h4-5,8,12,14H,1-3,6-7,13H2. The van der Waals surface area contributed by atoms with Crippen LogP contribution in [-0.2, 0) is 12.8 Å². The third kappa shape index (κ3) is 1.81. The molecule has 0 aromatic heterocycles. The van der Waals surface area contributed by atoms with E-state index in [9.17, 15) is 0 Å². The van der Waals surface area contributed by atoms with Crippen LogP contribution >= 0.6 is 0 Å². The van der Waals surface area contributed by atoms with Crippen LogP contribution in [0.15, 0.2) is 18.2 Å². The summed E-state index contributed by atoms with van der Waals surface area (Å²) < 4.78 is 0. The zero-order valence-corrected chi connectivity index (χ0v) is 8.37. The minimum atomic E-state index is 0.224. The van der Waals surface area contributed by atoms with Crippen LogP contribution < -0.4 is 5.73 Å². The van der Waals surface area contributed by atoms with Gasteiger partial charge in [0.1, 0.15) is 0 Å². The first kappa shape index (κ1) is 9.69. The number of rotatable bonds is 2. The number of aliphatic hydroxyl groups is 1. The van der Waals surface area contributed by atoms with Crippen LogP contribution in [0.2, 0.25) is 0 Å². The topological polar surface area (TPSA) is 46.2 Å². The molecule has 2 nitrogen and oxygen atoms in total. The van der Waals surface area contributed by atoms with Crippen LogP contribution in [0.1, 0.15) is 35.6 Å². The maximum absolute atomic E-state index is 8.85. The highest BCUT2D eigenvalue weighted by Gasteiger charge is 2.16. The molecule has 14 heavy (non-hydrogen) atoms. The van der Waals surface area contributed by atoms with E-state index in [0.717, 1.165) is 19.3 Å². The second-order valence-electron chi connectivity index (χ2n) is 4.01. The number of nitrogens with two attached hydrogens (primary N) is 1. The fourth-order valence-electron chi connectivity index (χ4n) is 2.19. The Morgan fingerprint density at radius 1 is 1.43 bits per heavy atom. The van der Waals surface area contributed by atoms with E-state index < -0.39 is 0 Å². The van der Waals surface area contributed by atoms with Gasteiger partial charge in [-0.2, -0.15) is 0 Å². The van der Waals surface area contributed by atoms with Crippen molar-refractivity contribution in [3.63, 3.8) is 0 Å². The lowest BCUT2D eigenvalue weighted by Crippen LogP contribution is -2.17. The molecule has 0 radical (unpaired) electrons. The Morgan fingerprint density at radius 3 is 3.07 bits per heavy atom. The van der Waals surface area contributed by atoms with Crippen LogP contribution in [0.25, 0.3) is 0 Å². The molecule has 1 aromatic carbocycles. The molecule has 1 aliphatic carbocycles. The third-order valence-corrected chi connectivity index (χ3v) is 2.97. The molecule has 2 heteroatoms. The Bertz CT molecular complexity index is 322. The zero-order valence-electron chi connectivity index (χ0n) is 8.37. The monoisotopic (exact) mass is 191 g/mol. The van der Waals surface area contributed by atoms with Gasteiger partial charge < -0.3 is 10.8 Å². The molecule has 2 rings (SSSR count). The van der Waals surface area contributed by atoms with Gasteiger partial charge in [0.2, 0.25) is 0 Å². The number of hydrogen-bond donors (Lipinski definition) is 2. The van der Waals surface area contributed by atoms with E-state index in [1.165, 1.54) is 23.1 Å². The van der Waals surface area contributed by atoms with Crippen molar-refractivity contribution in [2.75, 3.05) is 6.61 Å². The van der Waals surface area contributed by atoms with Gasteiger partial charge in [-0.1, -0.05) is 18.2 Å². The first-order chi connectivity index (χ1) is 6.81. The van der Waals surface area contributed by atoms with Crippen molar-refractivity contribution >= 4 is 0 Å². The van der Waals surface area contributed by atoms with Crippen LogP contribution in [0, 0.1) is 0 Å². The summed E-state index contributed by atoms with van der Waals surface area (Å²) in [5.41, 5.74) is 9.93. The summed E-state index contributed by atoms with van der Waals surface area (Å²) in [7, 11) is 0. The highest BCUT2D eigenvalue weighted by Crippen LogP contribution is 2.28. The van der Waals surface area contributed by atoms with Gasteiger partial charge in [-0.15, -0.1) is 0 Å². The van der Waals surface area contributed by atoms with Crippen LogP contribution in [-0.4, -0.2) is 11.7 Å². The van der Waals surface area contributed by atoms with Gasteiger partial charge in [0.05, 0.1) is 0 Å². The average Bonchev–Trinajstić information content (AvgIpc) is 2.18. The molecule has 0 amide bonds. The van der Waals surface area contributed by atoms with Gasteiger partial charge in [0.25, 0.3) is 0 Å². The summed E-state index contributed by atoms with van der Waals surface area (Å²) in [5, 5.41) is 8.85. The highest BCUT2D eigenvalue weighted by atomic mass is 16.2. The summed E-state index contributed by atoms with van der Waals surface area (Å²) in [6.07, 6.45) is 4.19. The minimum absolute atomic E-state index is 0.224. The first-order valence-electron chi connectivity index (χ1n) is 5.29. The lowest BCUT2D eigenvalue weighted by molar-refractivity contribution is 0.299. The van der Waals surface area contributed by atoms with Crippen LogP contribution in [0.5, 0.6) is 0 Å². The van der Waals surface area contributed by atoms with E-state index >= 15 is 0 Å². The Labute approximate surface area is 84.7 Å². The molecule has 1 atom stereocenters. The van der Waals surface area contributed by atoms with Gasteiger partial charge in [0, 0.05) is 12.6 Å². The smallest absolute Gasteiger partial charge is 0.0471 e. The molecule has 3 N–H and O–H groups in total. The molecule has 1 aliphatic rings. The Kier molecular flexibility index (Phi) is 2.85. The van der Waals surface area contributed by atoms with E-state index in [4.69, 9.17) is 10.8 Å². The van der Waals surface area contributed by atoms with Crippen molar-refractivity contribution in [3.8, 4) is 0 Å². The highest BCUT2D eigenvalue weighted by molar-refractivity contribution is 5.36. The normalized spacial score (nSPS) is 20.6. The predicted molar refractivity (Wildman–Crippen MR) is 57.1 cm³/mol. The second kappa shape index (κ2) is 4.11. The predicted octanol–water partition coefficient (Wildman–Crippen LogP) is 1.56. The van der Waals surface area contributed by atoms with Crippen molar-refractivity contribution < 1.29 is 5.11 Å². The molecule has 0 aliphatic heterocycles. The van der Waals surface area contributed by atoms with E-state index in [2.05, 4.69) is 18.2 Å². The summed E-state index contributed by atoms with van der Waals surface area (Å²) in [4.78, 5) is 0. The summed E-state index contributed by atoms with van der Waals surface area (Å²) in [6, 6.07) is 6.64. The number of aliphatic hydroxyl groups excluding tert-OH is 1. The molecule has 0 spiro atoms. The van der Waals surface area contributed by atoms with Crippen LogP contribution in [0.3, 0.4) is 0 Å². The number of hydrogen-bond acceptors (Lipinski definition) is 2. The van der Waals surface area contributed by atoms with E-state index in [1.54, 1.807) is 0 Å². The Hall–Kier alpha value is -0.860. The Morgan fingerprint density at radius 2 is 2.29 bits per heavy atom. The molecule has 0 saturated carbocycles. The molecule has 1 aromatic rings. The second-order valence-corrected chi connectivity index (χ2v) is 4.01. The van der Waals surface area contributed by atoms with Gasteiger partial charge in [-0.25, -0.2) is 0 Å². The molecule has 1 unspecified atom stereocenters. The van der Waals surface area contributed by atoms with Gasteiger partial charge >= 0.3 is 0 Å².